The number of esters is 1. The van der Waals surface area contributed by atoms with Gasteiger partial charge in [0.25, 0.3) is 0 Å². The predicted molar refractivity (Wildman–Crippen MR) is 101 cm³/mol. The fourth-order valence-corrected chi connectivity index (χ4v) is 3.55. The van der Waals surface area contributed by atoms with E-state index in [9.17, 15) is 4.79 Å². The second-order valence-corrected chi connectivity index (χ2v) is 6.79. The van der Waals surface area contributed by atoms with Crippen molar-refractivity contribution in [2.45, 2.75) is 6.42 Å². The third-order valence-electron chi connectivity index (χ3n) is 3.66. The van der Waals surface area contributed by atoms with E-state index in [4.69, 9.17) is 16.3 Å². The van der Waals surface area contributed by atoms with Crippen LogP contribution in [0.1, 0.15) is 5.69 Å². The number of tetrazole rings is 1. The van der Waals surface area contributed by atoms with Gasteiger partial charge in [0.05, 0.1) is 22.8 Å². The van der Waals surface area contributed by atoms with Crippen molar-refractivity contribution in [1.29, 1.82) is 0 Å². The van der Waals surface area contributed by atoms with Crippen molar-refractivity contribution in [2.24, 2.45) is 0 Å². The van der Waals surface area contributed by atoms with E-state index >= 15 is 0 Å². The highest BCUT2D eigenvalue weighted by Crippen LogP contribution is 2.30. The fourth-order valence-electron chi connectivity index (χ4n) is 2.41. The zero-order valence-electron chi connectivity index (χ0n) is 13.8. The molecule has 0 saturated carbocycles. The van der Waals surface area contributed by atoms with Crippen LogP contribution >= 0.6 is 22.9 Å². The summed E-state index contributed by atoms with van der Waals surface area (Å²) in [6.45, 7) is 0. The lowest BCUT2D eigenvalue weighted by Gasteiger charge is -2.04. The van der Waals surface area contributed by atoms with Crippen molar-refractivity contribution in [2.75, 3.05) is 0 Å². The first-order chi connectivity index (χ1) is 13.2. The van der Waals surface area contributed by atoms with E-state index in [2.05, 4.69) is 20.5 Å². The number of benzene rings is 2. The first-order valence-electron chi connectivity index (χ1n) is 7.92. The lowest BCUT2D eigenvalue weighted by Crippen LogP contribution is -2.11. The number of nitrogens with zero attached hydrogens (tertiary/aromatic N) is 5. The Morgan fingerprint density at radius 1 is 1.15 bits per heavy atom. The molecule has 0 aliphatic rings. The number of thiazole rings is 1. The second kappa shape index (κ2) is 7.65. The van der Waals surface area contributed by atoms with Crippen LogP contribution in [0.3, 0.4) is 0 Å². The van der Waals surface area contributed by atoms with E-state index in [1.54, 1.807) is 24.3 Å². The first kappa shape index (κ1) is 17.3. The van der Waals surface area contributed by atoms with E-state index in [1.807, 2.05) is 29.6 Å². The minimum atomic E-state index is -0.388. The molecule has 4 rings (SSSR count). The van der Waals surface area contributed by atoms with Crippen LogP contribution in [-0.2, 0) is 11.2 Å². The Morgan fingerprint density at radius 3 is 2.70 bits per heavy atom. The van der Waals surface area contributed by atoms with Gasteiger partial charge in [-0.25, -0.2) is 9.67 Å². The SMILES string of the molecule is O=C(Cc1csc(-c2ccccc2Cl)n1)Oc1ccc(-n2cnnn2)cc1. The summed E-state index contributed by atoms with van der Waals surface area (Å²) in [6, 6.07) is 14.4. The van der Waals surface area contributed by atoms with Gasteiger partial charge >= 0.3 is 5.97 Å². The highest BCUT2D eigenvalue weighted by Gasteiger charge is 2.12. The van der Waals surface area contributed by atoms with Crippen LogP contribution in [0.2, 0.25) is 5.02 Å². The molecule has 0 spiro atoms. The van der Waals surface area contributed by atoms with Crippen LogP contribution in [0.4, 0.5) is 0 Å². The molecule has 2 heterocycles. The van der Waals surface area contributed by atoms with Crippen LogP contribution in [-0.4, -0.2) is 31.2 Å². The van der Waals surface area contributed by atoms with Gasteiger partial charge in [0.15, 0.2) is 0 Å². The summed E-state index contributed by atoms with van der Waals surface area (Å²) in [5.74, 6) is 0.0552. The smallest absolute Gasteiger partial charge is 0.317 e. The molecule has 2 aromatic heterocycles. The van der Waals surface area contributed by atoms with Gasteiger partial charge in [-0.2, -0.15) is 0 Å². The van der Waals surface area contributed by atoms with Gasteiger partial charge in [0.2, 0.25) is 0 Å². The molecule has 4 aromatic rings. The molecule has 0 amide bonds. The monoisotopic (exact) mass is 397 g/mol. The molecule has 0 atom stereocenters. The third-order valence-corrected chi connectivity index (χ3v) is 4.92. The molecule has 134 valence electrons. The molecule has 0 unspecified atom stereocenters. The number of ether oxygens (including phenoxy) is 1. The largest absolute Gasteiger partial charge is 0.426 e. The van der Waals surface area contributed by atoms with Gasteiger partial charge in [-0.05, 0) is 40.8 Å². The van der Waals surface area contributed by atoms with Gasteiger partial charge in [-0.1, -0.05) is 29.8 Å². The summed E-state index contributed by atoms with van der Waals surface area (Å²) in [5.41, 5.74) is 2.26. The summed E-state index contributed by atoms with van der Waals surface area (Å²) in [5, 5.41) is 14.2. The molecule has 0 radical (unpaired) electrons. The molecule has 7 nitrogen and oxygen atoms in total. The Labute approximate surface area is 163 Å². The Hall–Kier alpha value is -3.10. The molecule has 0 aliphatic heterocycles. The summed E-state index contributed by atoms with van der Waals surface area (Å²) < 4.78 is 6.88. The van der Waals surface area contributed by atoms with Crippen molar-refractivity contribution in [1.82, 2.24) is 25.2 Å². The van der Waals surface area contributed by atoms with E-state index in [1.165, 1.54) is 22.3 Å². The van der Waals surface area contributed by atoms with Crippen LogP contribution in [0, 0.1) is 0 Å². The minimum absolute atomic E-state index is 0.0791. The maximum atomic E-state index is 12.2. The van der Waals surface area contributed by atoms with Crippen LogP contribution in [0.5, 0.6) is 5.75 Å². The average Bonchev–Trinajstić information content (AvgIpc) is 3.35. The predicted octanol–water partition coefficient (Wildman–Crippen LogP) is 3.59. The number of rotatable bonds is 5. The summed E-state index contributed by atoms with van der Waals surface area (Å²) in [4.78, 5) is 16.7. The maximum Gasteiger partial charge on any atom is 0.317 e. The number of hydrogen-bond donors (Lipinski definition) is 0. The minimum Gasteiger partial charge on any atom is -0.426 e. The molecular weight excluding hydrogens is 386 g/mol. The number of halogens is 1. The lowest BCUT2D eigenvalue weighted by atomic mass is 10.2. The van der Waals surface area contributed by atoms with Crippen LogP contribution in [0.25, 0.3) is 16.3 Å². The van der Waals surface area contributed by atoms with Crippen molar-refractivity contribution >= 4 is 28.9 Å². The highest BCUT2D eigenvalue weighted by atomic mass is 35.5. The Balaban J connectivity index is 1.41. The van der Waals surface area contributed by atoms with Gasteiger partial charge in [-0.15, -0.1) is 16.4 Å². The van der Waals surface area contributed by atoms with Crippen LogP contribution in [0.15, 0.2) is 60.2 Å². The molecule has 0 N–H and O–H groups in total. The topological polar surface area (TPSA) is 82.8 Å². The first-order valence-corrected chi connectivity index (χ1v) is 9.18. The van der Waals surface area contributed by atoms with E-state index in [0.717, 1.165) is 16.3 Å². The van der Waals surface area contributed by atoms with Gasteiger partial charge in [0, 0.05) is 10.9 Å². The Morgan fingerprint density at radius 2 is 1.96 bits per heavy atom. The molecule has 0 bridgehead atoms. The molecule has 27 heavy (non-hydrogen) atoms. The number of hydrogen-bond acceptors (Lipinski definition) is 7. The quantitative estimate of drug-likeness (QED) is 0.378. The average molecular weight is 398 g/mol. The fraction of sp³-hybridized carbons (Fsp3) is 0.0556. The zero-order chi connectivity index (χ0) is 18.6. The van der Waals surface area contributed by atoms with Crippen molar-refractivity contribution in [3.05, 3.63) is 71.0 Å². The van der Waals surface area contributed by atoms with Gasteiger partial charge in [-0.3, -0.25) is 4.79 Å². The van der Waals surface area contributed by atoms with E-state index in [0.29, 0.717) is 16.5 Å². The second-order valence-electron chi connectivity index (χ2n) is 5.52. The molecule has 0 fully saturated rings. The van der Waals surface area contributed by atoms with E-state index < -0.39 is 0 Å². The summed E-state index contributed by atoms with van der Waals surface area (Å²) in [7, 11) is 0. The third kappa shape index (κ3) is 4.02. The Bertz CT molecular complexity index is 1060. The van der Waals surface area contributed by atoms with Crippen molar-refractivity contribution in [3.8, 4) is 22.0 Å². The van der Waals surface area contributed by atoms with Crippen LogP contribution < -0.4 is 4.74 Å². The van der Waals surface area contributed by atoms with Gasteiger partial charge < -0.3 is 4.74 Å². The molecule has 0 saturated heterocycles. The molecule has 9 heteroatoms. The molecule has 0 aliphatic carbocycles. The summed E-state index contributed by atoms with van der Waals surface area (Å²) >= 11 is 7.63. The molecule has 2 aromatic carbocycles. The normalized spacial score (nSPS) is 10.7. The van der Waals surface area contributed by atoms with E-state index in [-0.39, 0.29) is 12.4 Å². The highest BCUT2D eigenvalue weighted by molar-refractivity contribution is 7.13. The number of carbonyl (C=O) groups is 1. The number of carbonyl (C=O) groups excluding carboxylic acids is 1. The number of aromatic nitrogens is 5. The standard InChI is InChI=1S/C18H12ClN5O2S/c19-16-4-2-1-3-15(16)18-21-12(10-27-18)9-17(25)26-14-7-5-13(6-8-14)24-11-20-22-23-24/h1-8,10-11H,9H2. The zero-order valence-corrected chi connectivity index (χ0v) is 15.4. The molecular formula is C18H12ClN5O2S. The van der Waals surface area contributed by atoms with Crippen molar-refractivity contribution in [3.63, 3.8) is 0 Å². The van der Waals surface area contributed by atoms with Gasteiger partial charge in [0.1, 0.15) is 17.1 Å². The van der Waals surface area contributed by atoms with Crippen molar-refractivity contribution < 1.29 is 9.53 Å². The maximum absolute atomic E-state index is 12.2. The lowest BCUT2D eigenvalue weighted by molar-refractivity contribution is -0.133. The Kier molecular flexibility index (Phi) is 4.91. The summed E-state index contributed by atoms with van der Waals surface area (Å²) in [6.07, 6.45) is 1.57.